The van der Waals surface area contributed by atoms with Crippen molar-refractivity contribution in [3.63, 3.8) is 0 Å². The number of hydrogen-bond donors (Lipinski definition) is 2. The smallest absolute Gasteiger partial charge is 0.287 e. The van der Waals surface area contributed by atoms with Gasteiger partial charge in [-0.1, -0.05) is 18.0 Å². The third-order valence-electron chi connectivity index (χ3n) is 3.39. The van der Waals surface area contributed by atoms with Crippen molar-refractivity contribution < 1.29 is 9.32 Å². The second-order valence-electron chi connectivity index (χ2n) is 5.00. The van der Waals surface area contributed by atoms with Crippen molar-refractivity contribution in [1.82, 2.24) is 15.5 Å². The zero-order valence-corrected chi connectivity index (χ0v) is 10.7. The Morgan fingerprint density at radius 1 is 1.61 bits per heavy atom. The molecule has 6 heteroatoms. The summed E-state index contributed by atoms with van der Waals surface area (Å²) in [5.41, 5.74) is 2.26. The lowest BCUT2D eigenvalue weighted by Gasteiger charge is -2.18. The molecule has 1 aliphatic carbocycles. The monoisotopic (exact) mass is 252 g/mol. The number of hydrogen-bond acceptors (Lipinski definition) is 5. The highest BCUT2D eigenvalue weighted by atomic mass is 16.5. The van der Waals surface area contributed by atoms with E-state index in [2.05, 4.69) is 17.1 Å². The van der Waals surface area contributed by atoms with Gasteiger partial charge in [0, 0.05) is 12.6 Å². The number of aromatic nitrogens is 1. The topological polar surface area (TPSA) is 84.4 Å². The Morgan fingerprint density at radius 2 is 2.33 bits per heavy atom. The van der Waals surface area contributed by atoms with Gasteiger partial charge in [0.25, 0.3) is 5.91 Å². The highest BCUT2D eigenvalue weighted by Gasteiger charge is 2.18. The average Bonchev–Trinajstić information content (AvgIpc) is 2.99. The molecule has 1 aromatic heterocycles. The minimum Gasteiger partial charge on any atom is -0.359 e. The molecule has 18 heavy (non-hydrogen) atoms. The fourth-order valence-electron chi connectivity index (χ4n) is 2.53. The average molecular weight is 252 g/mol. The van der Waals surface area contributed by atoms with Gasteiger partial charge in [0.1, 0.15) is 0 Å². The summed E-state index contributed by atoms with van der Waals surface area (Å²) in [4.78, 5) is 13.4. The number of nitrogens with two attached hydrogens (primary N) is 1. The van der Waals surface area contributed by atoms with E-state index < -0.39 is 5.91 Å². The minimum absolute atomic E-state index is 0.224. The van der Waals surface area contributed by atoms with Crippen LogP contribution in [0.25, 0.3) is 0 Å². The maximum atomic E-state index is 11.2. The number of carbonyl (C=O) groups is 1. The summed E-state index contributed by atoms with van der Waals surface area (Å²) >= 11 is 0. The van der Waals surface area contributed by atoms with Gasteiger partial charge in [-0.3, -0.25) is 15.1 Å². The van der Waals surface area contributed by atoms with Gasteiger partial charge in [-0.2, -0.15) is 0 Å². The zero-order chi connectivity index (χ0) is 13.0. The molecule has 6 nitrogen and oxygen atoms in total. The van der Waals surface area contributed by atoms with Gasteiger partial charge < -0.3 is 4.52 Å². The summed E-state index contributed by atoms with van der Waals surface area (Å²) in [5.74, 6) is 6.09. The quantitative estimate of drug-likeness (QED) is 0.462. The lowest BCUT2D eigenvalue weighted by atomic mass is 10.1. The van der Waals surface area contributed by atoms with E-state index in [0.717, 1.165) is 12.5 Å². The lowest BCUT2D eigenvalue weighted by Crippen LogP contribution is -2.30. The second kappa shape index (κ2) is 5.97. The van der Waals surface area contributed by atoms with Crippen molar-refractivity contribution in [3.8, 4) is 0 Å². The van der Waals surface area contributed by atoms with Crippen LogP contribution in [0.5, 0.6) is 0 Å². The molecule has 1 aromatic rings. The molecule has 0 aromatic carbocycles. The summed E-state index contributed by atoms with van der Waals surface area (Å²) in [6, 6.07) is 1.63. The molecule has 1 aliphatic rings. The van der Waals surface area contributed by atoms with Crippen LogP contribution in [0.1, 0.15) is 41.9 Å². The molecule has 0 radical (unpaired) electrons. The molecule has 1 saturated carbocycles. The molecule has 1 fully saturated rings. The van der Waals surface area contributed by atoms with Gasteiger partial charge in [-0.05, 0) is 25.8 Å². The van der Waals surface area contributed by atoms with Gasteiger partial charge in [0.15, 0.2) is 11.5 Å². The Bertz CT molecular complexity index is 399. The number of hydrazine groups is 1. The lowest BCUT2D eigenvalue weighted by molar-refractivity contribution is 0.0944. The Morgan fingerprint density at radius 3 is 3.00 bits per heavy atom. The van der Waals surface area contributed by atoms with E-state index in [4.69, 9.17) is 10.4 Å². The van der Waals surface area contributed by atoms with Crippen LogP contribution in [0, 0.1) is 5.92 Å². The van der Waals surface area contributed by atoms with Gasteiger partial charge in [-0.25, -0.2) is 5.84 Å². The summed E-state index contributed by atoms with van der Waals surface area (Å²) < 4.78 is 5.11. The maximum absolute atomic E-state index is 11.2. The molecule has 0 bridgehead atoms. The second-order valence-corrected chi connectivity index (χ2v) is 5.00. The summed E-state index contributed by atoms with van der Waals surface area (Å²) in [7, 11) is 2.06. The van der Waals surface area contributed by atoms with Crippen LogP contribution in [0.3, 0.4) is 0 Å². The highest BCUT2D eigenvalue weighted by molar-refractivity contribution is 5.91. The minimum atomic E-state index is -0.427. The molecule has 0 aliphatic heterocycles. The van der Waals surface area contributed by atoms with Crippen molar-refractivity contribution >= 4 is 5.91 Å². The molecule has 0 unspecified atom stereocenters. The van der Waals surface area contributed by atoms with Crippen LogP contribution in [0.15, 0.2) is 10.6 Å². The fourth-order valence-corrected chi connectivity index (χ4v) is 2.53. The number of rotatable bonds is 5. The third-order valence-corrected chi connectivity index (χ3v) is 3.39. The van der Waals surface area contributed by atoms with Crippen molar-refractivity contribution in [2.24, 2.45) is 11.8 Å². The summed E-state index contributed by atoms with van der Waals surface area (Å²) in [5, 5.41) is 3.68. The van der Waals surface area contributed by atoms with Gasteiger partial charge in [0.05, 0.1) is 6.54 Å². The van der Waals surface area contributed by atoms with Crippen LogP contribution in [0.4, 0.5) is 0 Å². The molecule has 2 rings (SSSR count). The number of nitrogen functional groups attached to an aromatic ring is 1. The number of nitrogens with zero attached hydrogens (tertiary/aromatic N) is 2. The number of carbonyl (C=O) groups excluding carboxylic acids is 1. The first kappa shape index (κ1) is 13.0. The largest absolute Gasteiger partial charge is 0.359 e. The number of nitrogens with one attached hydrogen (secondary N) is 1. The molecule has 0 saturated heterocycles. The fraction of sp³-hybridized carbons (Fsp3) is 0.667. The predicted octanol–water partition coefficient (Wildman–Crippen LogP) is 0.900. The van der Waals surface area contributed by atoms with Crippen molar-refractivity contribution in [2.75, 3.05) is 13.6 Å². The van der Waals surface area contributed by atoms with E-state index in [-0.39, 0.29) is 5.69 Å². The molecular formula is C12H20N4O2. The normalized spacial score (nSPS) is 16.4. The van der Waals surface area contributed by atoms with Crippen LogP contribution < -0.4 is 11.3 Å². The van der Waals surface area contributed by atoms with Crippen molar-refractivity contribution in [3.05, 3.63) is 17.5 Å². The summed E-state index contributed by atoms with van der Waals surface area (Å²) in [6.07, 6.45) is 5.34. The maximum Gasteiger partial charge on any atom is 0.287 e. The first-order chi connectivity index (χ1) is 8.69. The molecule has 1 amide bonds. The van der Waals surface area contributed by atoms with E-state index in [0.29, 0.717) is 12.3 Å². The Kier molecular flexibility index (Phi) is 4.33. The van der Waals surface area contributed by atoms with E-state index in [9.17, 15) is 4.79 Å². The first-order valence-corrected chi connectivity index (χ1v) is 6.34. The zero-order valence-electron chi connectivity index (χ0n) is 10.7. The SMILES string of the molecule is CN(Cc1cc(C(=O)NN)no1)CC1CCCC1. The predicted molar refractivity (Wildman–Crippen MR) is 66.4 cm³/mol. The van der Waals surface area contributed by atoms with Crippen LogP contribution in [-0.4, -0.2) is 29.6 Å². The Labute approximate surface area is 106 Å². The standard InChI is InChI=1S/C12H20N4O2/c1-16(7-9-4-2-3-5-9)8-10-6-11(15-18-10)12(17)14-13/h6,9H,2-5,7-8,13H2,1H3,(H,14,17). The first-order valence-electron chi connectivity index (χ1n) is 6.34. The van der Waals surface area contributed by atoms with Gasteiger partial charge >= 0.3 is 0 Å². The van der Waals surface area contributed by atoms with Crippen molar-refractivity contribution in [2.45, 2.75) is 32.2 Å². The molecule has 0 atom stereocenters. The molecule has 1 heterocycles. The highest BCUT2D eigenvalue weighted by Crippen LogP contribution is 2.25. The van der Waals surface area contributed by atoms with E-state index in [1.54, 1.807) is 6.07 Å². The van der Waals surface area contributed by atoms with E-state index in [1.807, 2.05) is 5.43 Å². The number of amides is 1. The van der Waals surface area contributed by atoms with Gasteiger partial charge in [-0.15, -0.1) is 0 Å². The van der Waals surface area contributed by atoms with Crippen LogP contribution in [0.2, 0.25) is 0 Å². The van der Waals surface area contributed by atoms with Crippen molar-refractivity contribution in [1.29, 1.82) is 0 Å². The van der Waals surface area contributed by atoms with E-state index in [1.165, 1.54) is 25.7 Å². The van der Waals surface area contributed by atoms with Gasteiger partial charge in [0.2, 0.25) is 0 Å². The van der Waals surface area contributed by atoms with Crippen LogP contribution in [-0.2, 0) is 6.54 Å². The molecular weight excluding hydrogens is 232 g/mol. The molecule has 3 N–H and O–H groups in total. The molecule has 100 valence electrons. The third kappa shape index (κ3) is 3.30. The van der Waals surface area contributed by atoms with E-state index >= 15 is 0 Å². The van der Waals surface area contributed by atoms with Crippen LogP contribution >= 0.6 is 0 Å². The Balaban J connectivity index is 1.84. The summed E-state index contributed by atoms with van der Waals surface area (Å²) in [6.45, 7) is 1.74. The molecule has 0 spiro atoms. The Hall–Kier alpha value is -1.40.